The molecule has 10 heteroatoms. The summed E-state index contributed by atoms with van der Waals surface area (Å²) in [6, 6.07) is 12.3. The van der Waals surface area contributed by atoms with Crippen LogP contribution < -0.4 is 10.1 Å². The Kier molecular flexibility index (Phi) is 6.07. The van der Waals surface area contributed by atoms with Crippen LogP contribution in [-0.2, 0) is 17.6 Å². The molecule has 1 N–H and O–H groups in total. The largest absolute Gasteiger partial charge is 0.473 e. The molecule has 0 radical (unpaired) electrons. The molecule has 1 atom stereocenters. The first kappa shape index (κ1) is 22.7. The first-order valence-corrected chi connectivity index (χ1v) is 10.2. The fourth-order valence-corrected chi connectivity index (χ4v) is 3.63. The lowest BCUT2D eigenvalue weighted by atomic mass is 10.0. The molecule has 4 rings (SSSR count). The number of aromatic nitrogens is 1. The molecule has 0 fully saturated rings. The Morgan fingerprint density at radius 3 is 2.52 bits per heavy atom. The summed E-state index contributed by atoms with van der Waals surface area (Å²) < 4.78 is 61.0. The highest BCUT2D eigenvalue weighted by Crippen LogP contribution is 2.41. The van der Waals surface area contributed by atoms with Crippen LogP contribution in [0.5, 0.6) is 5.88 Å². The Balaban J connectivity index is 1.82. The number of carbonyl (C=O) groups is 1. The number of benzodiazepines with no additional fused rings is 1. The van der Waals surface area contributed by atoms with Crippen LogP contribution in [0.1, 0.15) is 29.3 Å². The van der Waals surface area contributed by atoms with Crippen molar-refractivity contribution >= 4 is 28.9 Å². The molecule has 1 amide bonds. The quantitative estimate of drug-likeness (QED) is 0.494. The van der Waals surface area contributed by atoms with Gasteiger partial charge in [0.1, 0.15) is 18.3 Å². The van der Waals surface area contributed by atoms with Crippen LogP contribution in [0.2, 0.25) is 5.02 Å². The molecule has 5 nitrogen and oxygen atoms in total. The van der Waals surface area contributed by atoms with Crippen molar-refractivity contribution in [2.45, 2.75) is 25.7 Å². The van der Waals surface area contributed by atoms with Gasteiger partial charge in [-0.3, -0.25) is 9.79 Å². The Labute approximate surface area is 191 Å². The normalized spacial score (nSPS) is 15.9. The topological polar surface area (TPSA) is 63.6 Å². The first-order valence-electron chi connectivity index (χ1n) is 9.77. The van der Waals surface area contributed by atoms with Gasteiger partial charge >= 0.3 is 6.18 Å². The van der Waals surface area contributed by atoms with Crippen LogP contribution in [0.15, 0.2) is 59.6 Å². The lowest BCUT2D eigenvalue weighted by Gasteiger charge is -2.17. The van der Waals surface area contributed by atoms with E-state index in [-0.39, 0.29) is 35.1 Å². The summed E-state index contributed by atoms with van der Waals surface area (Å²) in [5.41, 5.74) is -1.27. The van der Waals surface area contributed by atoms with E-state index in [0.717, 1.165) is 23.8 Å². The molecule has 0 saturated carbocycles. The number of amides is 1. The molecular weight excluding hydrogens is 462 g/mol. The molecule has 0 bridgehead atoms. The van der Waals surface area contributed by atoms with Crippen LogP contribution in [-0.4, -0.2) is 22.6 Å². The number of aliphatic imine (C=N–C) groups is 1. The highest BCUT2D eigenvalue weighted by molar-refractivity contribution is 6.37. The van der Waals surface area contributed by atoms with Gasteiger partial charge in [0.05, 0.1) is 22.0 Å². The molecule has 0 unspecified atom stereocenters. The molecule has 3 aromatic rings. The molecule has 1 aliphatic rings. The van der Waals surface area contributed by atoms with Gasteiger partial charge in [0.25, 0.3) is 0 Å². The smallest absolute Gasteiger partial charge is 0.417 e. The zero-order valence-electron chi connectivity index (χ0n) is 17.1. The van der Waals surface area contributed by atoms with Gasteiger partial charge in [-0.05, 0) is 30.7 Å². The Bertz CT molecular complexity index is 1250. The van der Waals surface area contributed by atoms with Crippen LogP contribution in [0.3, 0.4) is 0 Å². The number of benzene rings is 2. The van der Waals surface area contributed by atoms with Crippen LogP contribution in [0.25, 0.3) is 0 Å². The molecule has 2 aromatic carbocycles. The van der Waals surface area contributed by atoms with E-state index in [1.807, 2.05) is 30.3 Å². The monoisotopic (exact) mass is 477 g/mol. The number of ether oxygens (including phenoxy) is 1. The second kappa shape index (κ2) is 8.82. The summed E-state index contributed by atoms with van der Waals surface area (Å²) in [6.07, 6.45) is -4.77. The van der Waals surface area contributed by atoms with Crippen molar-refractivity contribution in [3.05, 3.63) is 87.8 Å². The van der Waals surface area contributed by atoms with Crippen molar-refractivity contribution in [2.24, 2.45) is 4.99 Å². The maximum absolute atomic E-state index is 14.9. The standard InChI is InChI=1S/C23H16ClF4N3O2/c1-12-22(32)30-16-9-7-14(23(26,27)28)19(24)18(16)21(29-12)20-15(25)8-10-17(31-20)33-11-13-5-3-2-4-6-13/h2-10,12H,11H2,1H3,(H,30,32)/t12-/m0/s1. The first-order chi connectivity index (χ1) is 15.6. The fraction of sp³-hybridized carbons (Fsp3) is 0.174. The van der Waals surface area contributed by atoms with Crippen LogP contribution in [0, 0.1) is 5.82 Å². The minimum Gasteiger partial charge on any atom is -0.473 e. The van der Waals surface area contributed by atoms with Gasteiger partial charge in [-0.25, -0.2) is 9.37 Å². The van der Waals surface area contributed by atoms with E-state index in [0.29, 0.717) is 0 Å². The molecule has 33 heavy (non-hydrogen) atoms. The minimum absolute atomic E-state index is 0.0267. The van der Waals surface area contributed by atoms with Crippen molar-refractivity contribution in [3.63, 3.8) is 0 Å². The number of hydrogen-bond donors (Lipinski definition) is 1. The number of anilines is 1. The third-order valence-corrected chi connectivity index (χ3v) is 5.31. The van der Waals surface area contributed by atoms with Crippen LogP contribution in [0.4, 0.5) is 23.2 Å². The average Bonchev–Trinajstić information content (AvgIpc) is 2.89. The molecule has 2 heterocycles. The van der Waals surface area contributed by atoms with E-state index in [4.69, 9.17) is 16.3 Å². The SMILES string of the molecule is C[C@@H]1N=C(c2nc(OCc3ccccc3)ccc2F)c2c(ccc(C(F)(F)F)c2Cl)NC1=O. The maximum Gasteiger partial charge on any atom is 0.417 e. The number of nitrogens with zero attached hydrogens (tertiary/aromatic N) is 2. The highest BCUT2D eigenvalue weighted by atomic mass is 35.5. The molecule has 1 aliphatic heterocycles. The third-order valence-electron chi connectivity index (χ3n) is 4.92. The second-order valence-corrected chi connectivity index (χ2v) is 7.62. The van der Waals surface area contributed by atoms with E-state index in [1.165, 1.54) is 13.0 Å². The highest BCUT2D eigenvalue weighted by Gasteiger charge is 2.37. The summed E-state index contributed by atoms with van der Waals surface area (Å²) >= 11 is 6.12. The Morgan fingerprint density at radius 2 is 1.82 bits per heavy atom. The maximum atomic E-state index is 14.9. The lowest BCUT2D eigenvalue weighted by molar-refractivity contribution is -0.137. The van der Waals surface area contributed by atoms with Crippen molar-refractivity contribution in [2.75, 3.05) is 5.32 Å². The second-order valence-electron chi connectivity index (χ2n) is 7.24. The van der Waals surface area contributed by atoms with Crippen molar-refractivity contribution in [1.82, 2.24) is 4.98 Å². The summed E-state index contributed by atoms with van der Waals surface area (Å²) in [5.74, 6) is -1.42. The van der Waals surface area contributed by atoms with E-state index < -0.39 is 34.5 Å². The third kappa shape index (κ3) is 4.68. The van der Waals surface area contributed by atoms with Crippen molar-refractivity contribution in [1.29, 1.82) is 0 Å². The summed E-state index contributed by atoms with van der Waals surface area (Å²) in [7, 11) is 0. The zero-order chi connectivity index (χ0) is 23.8. The Hall–Kier alpha value is -3.46. The van der Waals surface area contributed by atoms with E-state index in [2.05, 4.69) is 15.3 Å². The van der Waals surface area contributed by atoms with E-state index in [9.17, 15) is 22.4 Å². The van der Waals surface area contributed by atoms with Crippen molar-refractivity contribution < 1.29 is 27.1 Å². The molecule has 0 aliphatic carbocycles. The van der Waals surface area contributed by atoms with Gasteiger partial charge in [-0.1, -0.05) is 41.9 Å². The zero-order valence-corrected chi connectivity index (χ0v) is 17.8. The summed E-state index contributed by atoms with van der Waals surface area (Å²) in [5, 5.41) is 1.77. The molecule has 1 aromatic heterocycles. The number of nitrogens with one attached hydrogen (secondary N) is 1. The molecular formula is C23H16ClF4N3O2. The number of rotatable bonds is 4. The van der Waals surface area contributed by atoms with Crippen LogP contribution >= 0.6 is 11.6 Å². The number of hydrogen-bond acceptors (Lipinski definition) is 4. The minimum atomic E-state index is -4.77. The molecule has 0 spiro atoms. The number of halogens is 5. The number of pyridine rings is 1. The van der Waals surface area contributed by atoms with Gasteiger partial charge in [0, 0.05) is 11.6 Å². The Morgan fingerprint density at radius 1 is 1.09 bits per heavy atom. The van der Waals surface area contributed by atoms with Gasteiger partial charge in [0.2, 0.25) is 11.8 Å². The van der Waals surface area contributed by atoms with Gasteiger partial charge in [-0.15, -0.1) is 0 Å². The lowest BCUT2D eigenvalue weighted by Crippen LogP contribution is -2.22. The van der Waals surface area contributed by atoms with Gasteiger partial charge in [-0.2, -0.15) is 13.2 Å². The van der Waals surface area contributed by atoms with E-state index in [1.54, 1.807) is 0 Å². The number of carbonyl (C=O) groups excluding carboxylic acids is 1. The fourth-order valence-electron chi connectivity index (χ4n) is 3.27. The number of alkyl halides is 3. The van der Waals surface area contributed by atoms with E-state index >= 15 is 0 Å². The molecule has 170 valence electrons. The predicted octanol–water partition coefficient (Wildman–Crippen LogP) is 5.65. The van der Waals surface area contributed by atoms with Gasteiger partial charge < -0.3 is 10.1 Å². The van der Waals surface area contributed by atoms with Gasteiger partial charge in [0.15, 0.2) is 5.82 Å². The average molecular weight is 478 g/mol. The number of fused-ring (bicyclic) bond motifs is 1. The summed E-state index contributed by atoms with van der Waals surface area (Å²) in [6.45, 7) is 1.56. The predicted molar refractivity (Wildman–Crippen MR) is 115 cm³/mol. The molecule has 0 saturated heterocycles. The van der Waals surface area contributed by atoms with Crippen molar-refractivity contribution in [3.8, 4) is 5.88 Å². The summed E-state index contributed by atoms with van der Waals surface area (Å²) in [4.78, 5) is 20.6.